The maximum atomic E-state index is 10.6. The van der Waals surface area contributed by atoms with E-state index in [2.05, 4.69) is 86.9 Å². The van der Waals surface area contributed by atoms with Crippen LogP contribution in [0.5, 0.6) is 0 Å². The van der Waals surface area contributed by atoms with Crippen molar-refractivity contribution in [1.29, 1.82) is 0 Å². The summed E-state index contributed by atoms with van der Waals surface area (Å²) in [5, 5.41) is 30.4. The fourth-order valence-corrected chi connectivity index (χ4v) is 4.24. The Kier molecular flexibility index (Phi) is 14.4. The Labute approximate surface area is 282 Å². The molecule has 1 saturated heterocycles. The first-order valence-corrected chi connectivity index (χ1v) is 14.2. The topological polar surface area (TPSA) is 161 Å². The maximum absolute atomic E-state index is 10.6. The normalized spacial score (nSPS) is 15.3. The molecule has 21 heteroatoms. The van der Waals surface area contributed by atoms with Crippen LogP contribution in [0.15, 0.2) is 66.9 Å². The van der Waals surface area contributed by atoms with Gasteiger partial charge in [0.05, 0.1) is 17.3 Å². The van der Waals surface area contributed by atoms with Crippen LogP contribution in [0.2, 0.25) is 0 Å². The summed E-state index contributed by atoms with van der Waals surface area (Å²) in [5.74, 6) is -8.27. The molecule has 3 aromatic heterocycles. The van der Waals surface area contributed by atoms with Gasteiger partial charge in [0.2, 0.25) is 0 Å². The number of carbonyl (C=O) groups is 3. The van der Waals surface area contributed by atoms with Gasteiger partial charge in [-0.2, -0.15) is 39.5 Å². The van der Waals surface area contributed by atoms with Gasteiger partial charge in [-0.15, -0.1) is 5.10 Å². The minimum Gasteiger partial charge on any atom is -0.475 e. The van der Waals surface area contributed by atoms with Crippen molar-refractivity contribution in [3.63, 3.8) is 0 Å². The van der Waals surface area contributed by atoms with Crippen molar-refractivity contribution >= 4 is 23.4 Å². The Morgan fingerprint density at radius 1 is 0.745 bits per heavy atom. The van der Waals surface area contributed by atoms with E-state index in [9.17, 15) is 39.5 Å². The molecule has 278 valence electrons. The molecular formula is C30H29F9N6O6. The molecule has 1 aliphatic heterocycles. The van der Waals surface area contributed by atoms with Crippen molar-refractivity contribution in [3.05, 3.63) is 83.9 Å². The zero-order chi connectivity index (χ0) is 38.7. The Balaban J connectivity index is 0.000000352. The van der Waals surface area contributed by atoms with Gasteiger partial charge in [0.1, 0.15) is 5.69 Å². The average Bonchev–Trinajstić information content (AvgIpc) is 3.45. The number of rotatable bonds is 4. The number of nitrogens with zero attached hydrogens (tertiary/aromatic N) is 6. The van der Waals surface area contributed by atoms with E-state index in [4.69, 9.17) is 29.7 Å². The number of hydrogen-bond donors (Lipinski definition) is 3. The highest BCUT2D eigenvalue weighted by Crippen LogP contribution is 2.28. The lowest BCUT2D eigenvalue weighted by Gasteiger charge is -2.38. The third-order valence-electron chi connectivity index (χ3n) is 6.65. The fourth-order valence-electron chi connectivity index (χ4n) is 4.24. The van der Waals surface area contributed by atoms with Crippen LogP contribution in [-0.4, -0.2) is 108 Å². The number of alkyl halides is 9. The number of piperazine rings is 1. The molecule has 1 aromatic carbocycles. The van der Waals surface area contributed by atoms with Crippen LogP contribution >= 0.6 is 0 Å². The highest BCUT2D eigenvalue weighted by atomic mass is 19.4. The molecule has 3 N–H and O–H groups in total. The SMILES string of the molecule is Cc1cccc(CN2CCN(C)C(c3nnn4cc(-c5ccccc5)ccc34)C2)n1.O=C(O)C(F)(F)F.O=C(O)C(F)(F)F.O=C(O)C(F)(F)F. The Morgan fingerprint density at radius 3 is 1.76 bits per heavy atom. The van der Waals surface area contributed by atoms with Crippen LogP contribution in [-0.2, 0) is 20.9 Å². The highest BCUT2D eigenvalue weighted by Gasteiger charge is 2.39. The summed E-state index contributed by atoms with van der Waals surface area (Å²) in [7, 11) is 2.18. The lowest BCUT2D eigenvalue weighted by molar-refractivity contribution is -0.193. The van der Waals surface area contributed by atoms with E-state index in [1.54, 1.807) is 0 Å². The first-order chi connectivity index (χ1) is 23.5. The molecule has 0 amide bonds. The number of halogens is 9. The monoisotopic (exact) mass is 740 g/mol. The molecule has 0 saturated carbocycles. The molecule has 0 bridgehead atoms. The Hall–Kier alpha value is -5.31. The van der Waals surface area contributed by atoms with Crippen LogP contribution in [0.3, 0.4) is 0 Å². The van der Waals surface area contributed by atoms with Crippen LogP contribution in [0.4, 0.5) is 39.5 Å². The number of aliphatic carboxylic acids is 3. The van der Waals surface area contributed by atoms with Gasteiger partial charge in [-0.3, -0.25) is 14.8 Å². The molecular weight excluding hydrogens is 711 g/mol. The predicted octanol–water partition coefficient (Wildman–Crippen LogP) is 5.49. The van der Waals surface area contributed by atoms with Gasteiger partial charge >= 0.3 is 36.4 Å². The van der Waals surface area contributed by atoms with E-state index >= 15 is 0 Å². The van der Waals surface area contributed by atoms with E-state index in [0.717, 1.165) is 54.3 Å². The maximum Gasteiger partial charge on any atom is 0.490 e. The number of benzene rings is 1. The summed E-state index contributed by atoms with van der Waals surface area (Å²) in [6, 6.07) is 21.1. The van der Waals surface area contributed by atoms with E-state index in [-0.39, 0.29) is 6.04 Å². The number of likely N-dealkylation sites (N-methyl/N-ethyl adjacent to an activating group) is 1. The summed E-state index contributed by atoms with van der Waals surface area (Å²) < 4.78 is 97.1. The molecule has 1 fully saturated rings. The molecule has 12 nitrogen and oxygen atoms in total. The second kappa shape index (κ2) is 17.6. The summed E-state index contributed by atoms with van der Waals surface area (Å²) in [6.45, 7) is 5.85. The van der Waals surface area contributed by atoms with Crippen LogP contribution in [0.25, 0.3) is 16.6 Å². The zero-order valence-electron chi connectivity index (χ0n) is 26.4. The van der Waals surface area contributed by atoms with Crippen LogP contribution in [0, 0.1) is 6.92 Å². The van der Waals surface area contributed by atoms with E-state index in [1.807, 2.05) is 23.6 Å². The first-order valence-electron chi connectivity index (χ1n) is 14.2. The number of fused-ring (bicyclic) bond motifs is 1. The number of hydrogen-bond acceptors (Lipinski definition) is 8. The Bertz CT molecular complexity index is 1710. The molecule has 4 aromatic rings. The fraction of sp³-hybridized carbons (Fsp3) is 0.333. The minimum atomic E-state index is -5.08. The highest BCUT2D eigenvalue weighted by molar-refractivity contribution is 5.73. The smallest absolute Gasteiger partial charge is 0.475 e. The van der Waals surface area contributed by atoms with Gasteiger partial charge in [0, 0.05) is 43.6 Å². The standard InChI is InChI=1S/C24H26N6.3C2HF3O2/c1-18-7-6-10-21(25-18)16-29-14-13-28(2)23(17-29)24-22-12-11-20(15-30(22)27-26-24)19-8-4-3-5-9-19;3*3-2(4,5)1(6)7/h3-12,15,23H,13-14,16-17H2,1-2H3;3*(H,6,7). The predicted molar refractivity (Wildman–Crippen MR) is 159 cm³/mol. The number of carboxylic acids is 3. The van der Waals surface area contributed by atoms with Crippen molar-refractivity contribution < 1.29 is 69.2 Å². The van der Waals surface area contributed by atoms with Crippen LogP contribution in [0.1, 0.15) is 23.1 Å². The van der Waals surface area contributed by atoms with Gasteiger partial charge in [-0.25, -0.2) is 18.9 Å². The van der Waals surface area contributed by atoms with Crippen molar-refractivity contribution in [2.75, 3.05) is 26.7 Å². The molecule has 0 spiro atoms. The van der Waals surface area contributed by atoms with Crippen molar-refractivity contribution in [2.24, 2.45) is 0 Å². The minimum absolute atomic E-state index is 0.212. The van der Waals surface area contributed by atoms with Crippen molar-refractivity contribution in [2.45, 2.75) is 38.0 Å². The van der Waals surface area contributed by atoms with Gasteiger partial charge in [0.25, 0.3) is 0 Å². The third-order valence-corrected chi connectivity index (χ3v) is 6.65. The number of aryl methyl sites for hydroxylation is 1. The Morgan fingerprint density at radius 2 is 1.27 bits per heavy atom. The first kappa shape index (κ1) is 41.9. The van der Waals surface area contributed by atoms with Gasteiger partial charge in [-0.05, 0) is 37.7 Å². The molecule has 0 aliphatic carbocycles. The van der Waals surface area contributed by atoms with Crippen molar-refractivity contribution in [1.82, 2.24) is 29.6 Å². The summed E-state index contributed by atoms with van der Waals surface area (Å²) in [6.07, 6.45) is -13.2. The van der Waals surface area contributed by atoms with Gasteiger partial charge in [-0.1, -0.05) is 47.7 Å². The van der Waals surface area contributed by atoms with E-state index in [1.165, 1.54) is 5.56 Å². The number of carboxylic acid groups (broad SMARTS) is 3. The second-order valence-electron chi connectivity index (χ2n) is 10.5. The summed E-state index contributed by atoms with van der Waals surface area (Å²) in [4.78, 5) is 36.2. The molecule has 5 rings (SSSR count). The molecule has 1 unspecified atom stereocenters. The van der Waals surface area contributed by atoms with Crippen LogP contribution < -0.4 is 0 Å². The van der Waals surface area contributed by atoms with E-state index < -0.39 is 36.4 Å². The van der Waals surface area contributed by atoms with Gasteiger partial charge in [0.15, 0.2) is 0 Å². The summed E-state index contributed by atoms with van der Waals surface area (Å²) >= 11 is 0. The molecule has 1 aliphatic rings. The zero-order valence-corrected chi connectivity index (χ0v) is 26.4. The third kappa shape index (κ3) is 13.5. The molecule has 1 atom stereocenters. The lowest BCUT2D eigenvalue weighted by atomic mass is 10.1. The van der Waals surface area contributed by atoms with Crippen molar-refractivity contribution in [3.8, 4) is 11.1 Å². The molecule has 51 heavy (non-hydrogen) atoms. The lowest BCUT2D eigenvalue weighted by Crippen LogP contribution is -2.46. The molecule has 0 radical (unpaired) electrons. The molecule has 4 heterocycles. The second-order valence-corrected chi connectivity index (χ2v) is 10.5. The largest absolute Gasteiger partial charge is 0.490 e. The van der Waals surface area contributed by atoms with Gasteiger partial charge < -0.3 is 15.3 Å². The quantitative estimate of drug-likeness (QED) is 0.227. The van der Waals surface area contributed by atoms with E-state index in [0.29, 0.717) is 0 Å². The number of pyridine rings is 2. The average molecular weight is 741 g/mol. The summed E-state index contributed by atoms with van der Waals surface area (Å²) in [5.41, 5.74) is 6.63. The number of aromatic nitrogens is 4.